The zero-order valence-corrected chi connectivity index (χ0v) is 16.5. The van der Waals surface area contributed by atoms with Crippen LogP contribution in [0.3, 0.4) is 0 Å². The number of carbonyl (C=O) groups is 1. The van der Waals surface area contributed by atoms with Crippen molar-refractivity contribution in [2.24, 2.45) is 4.99 Å². The van der Waals surface area contributed by atoms with Crippen molar-refractivity contribution in [1.82, 2.24) is 10.6 Å². The second-order valence-corrected chi connectivity index (χ2v) is 5.10. The van der Waals surface area contributed by atoms with E-state index in [4.69, 9.17) is 4.74 Å². The van der Waals surface area contributed by atoms with Crippen LogP contribution in [0.5, 0.6) is 0 Å². The van der Waals surface area contributed by atoms with Gasteiger partial charge in [-0.15, -0.1) is 24.0 Å². The summed E-state index contributed by atoms with van der Waals surface area (Å²) in [6.45, 7) is 5.93. The highest BCUT2D eigenvalue weighted by Gasteiger charge is 2.06. The second-order valence-electron chi connectivity index (χ2n) is 5.10. The molecule has 0 saturated heterocycles. The maximum absolute atomic E-state index is 11.2. The fraction of sp³-hybridized carbons (Fsp3) is 0.529. The van der Waals surface area contributed by atoms with Crippen molar-refractivity contribution in [3.8, 4) is 0 Å². The van der Waals surface area contributed by atoms with Crippen LogP contribution in [-0.4, -0.2) is 38.7 Å². The first-order valence-corrected chi connectivity index (χ1v) is 7.82. The van der Waals surface area contributed by atoms with Gasteiger partial charge in [0.1, 0.15) is 0 Å². The number of benzene rings is 1. The average molecular weight is 433 g/mol. The van der Waals surface area contributed by atoms with Crippen molar-refractivity contribution in [1.29, 1.82) is 0 Å². The number of halogens is 1. The molecule has 1 atom stereocenters. The molecule has 0 aromatic heterocycles. The first kappa shape index (κ1) is 21.7. The molecule has 0 aliphatic rings. The van der Waals surface area contributed by atoms with E-state index in [9.17, 15) is 4.79 Å². The number of esters is 1. The van der Waals surface area contributed by atoms with Crippen molar-refractivity contribution in [3.05, 3.63) is 35.9 Å². The van der Waals surface area contributed by atoms with Gasteiger partial charge >= 0.3 is 5.97 Å². The third kappa shape index (κ3) is 9.43. The lowest BCUT2D eigenvalue weighted by molar-refractivity contribution is -0.143. The van der Waals surface area contributed by atoms with Gasteiger partial charge in [0.25, 0.3) is 0 Å². The Labute approximate surface area is 156 Å². The van der Waals surface area contributed by atoms with Crippen LogP contribution in [0.25, 0.3) is 0 Å². The number of carbonyl (C=O) groups excluding carboxylic acids is 1. The van der Waals surface area contributed by atoms with E-state index in [1.807, 2.05) is 25.1 Å². The summed E-state index contributed by atoms with van der Waals surface area (Å²) < 4.78 is 4.89. The molecule has 0 amide bonds. The van der Waals surface area contributed by atoms with Crippen LogP contribution in [-0.2, 0) is 9.53 Å². The molecule has 0 spiro atoms. The Kier molecular flexibility index (Phi) is 12.4. The highest BCUT2D eigenvalue weighted by molar-refractivity contribution is 14.0. The molecule has 0 aliphatic heterocycles. The van der Waals surface area contributed by atoms with Gasteiger partial charge in [0, 0.05) is 26.6 Å². The smallest absolute Gasteiger partial charge is 0.305 e. The van der Waals surface area contributed by atoms with Crippen LogP contribution < -0.4 is 10.6 Å². The molecular formula is C17H28IN3O2. The molecule has 1 rings (SSSR count). The minimum atomic E-state index is -0.148. The average Bonchev–Trinajstić information content (AvgIpc) is 2.55. The maximum Gasteiger partial charge on any atom is 0.305 e. The minimum absolute atomic E-state index is 0. The number of nitrogens with one attached hydrogen (secondary N) is 2. The molecule has 0 fully saturated rings. The summed E-state index contributed by atoms with van der Waals surface area (Å²) in [6.07, 6.45) is 1.16. The number of nitrogens with zero attached hydrogens (tertiary/aromatic N) is 1. The number of guanidine groups is 1. The Morgan fingerprint density at radius 2 is 1.96 bits per heavy atom. The van der Waals surface area contributed by atoms with Crippen LogP contribution in [0.4, 0.5) is 0 Å². The van der Waals surface area contributed by atoms with Crippen molar-refractivity contribution in [3.63, 3.8) is 0 Å². The van der Waals surface area contributed by atoms with Crippen LogP contribution in [0.15, 0.2) is 35.3 Å². The van der Waals surface area contributed by atoms with E-state index in [2.05, 4.69) is 34.7 Å². The third-order valence-corrected chi connectivity index (χ3v) is 3.32. The molecular weight excluding hydrogens is 405 g/mol. The number of ether oxygens (including phenoxy) is 1. The van der Waals surface area contributed by atoms with Gasteiger partial charge in [-0.2, -0.15) is 0 Å². The molecule has 0 bridgehead atoms. The first-order chi connectivity index (χ1) is 10.7. The molecule has 1 unspecified atom stereocenters. The lowest BCUT2D eigenvalue weighted by atomic mass is 10.0. The van der Waals surface area contributed by atoms with E-state index >= 15 is 0 Å². The molecule has 6 heteroatoms. The zero-order valence-electron chi connectivity index (χ0n) is 14.2. The van der Waals surface area contributed by atoms with Gasteiger partial charge in [0.15, 0.2) is 5.96 Å². The molecule has 0 radical (unpaired) electrons. The summed E-state index contributed by atoms with van der Waals surface area (Å²) in [4.78, 5) is 15.4. The van der Waals surface area contributed by atoms with Gasteiger partial charge in [-0.05, 0) is 24.8 Å². The van der Waals surface area contributed by atoms with Crippen molar-refractivity contribution in [2.75, 3.05) is 26.7 Å². The monoisotopic (exact) mass is 433 g/mol. The van der Waals surface area contributed by atoms with E-state index in [0.29, 0.717) is 25.5 Å². The van der Waals surface area contributed by atoms with E-state index in [1.54, 1.807) is 7.05 Å². The van der Waals surface area contributed by atoms with Gasteiger partial charge in [-0.3, -0.25) is 9.79 Å². The van der Waals surface area contributed by atoms with Gasteiger partial charge in [-0.25, -0.2) is 0 Å². The van der Waals surface area contributed by atoms with E-state index in [0.717, 1.165) is 18.9 Å². The second kappa shape index (κ2) is 13.2. The normalized spacial score (nSPS) is 12.0. The van der Waals surface area contributed by atoms with Crippen LogP contribution >= 0.6 is 24.0 Å². The molecule has 0 heterocycles. The largest absolute Gasteiger partial charge is 0.466 e. The molecule has 1 aromatic carbocycles. The highest BCUT2D eigenvalue weighted by Crippen LogP contribution is 2.12. The molecule has 0 saturated carbocycles. The summed E-state index contributed by atoms with van der Waals surface area (Å²) in [5.74, 6) is 1.01. The number of hydrogen-bond acceptors (Lipinski definition) is 3. The standard InChI is InChI=1S/C17H27N3O2.HI/c1-4-22-16(21)11-8-12-19-17(18-3)20-13-14(2)15-9-6-5-7-10-15;/h5-7,9-10,14H,4,8,11-13H2,1-3H3,(H2,18,19,20);1H. The summed E-state index contributed by atoms with van der Waals surface area (Å²) in [7, 11) is 1.74. The topological polar surface area (TPSA) is 62.7 Å². The summed E-state index contributed by atoms with van der Waals surface area (Å²) in [5, 5.41) is 6.51. The predicted octanol–water partition coefficient (Wildman–Crippen LogP) is 2.92. The first-order valence-electron chi connectivity index (χ1n) is 7.82. The van der Waals surface area contributed by atoms with Crippen LogP contribution in [0, 0.1) is 0 Å². The Bertz CT molecular complexity index is 466. The Balaban J connectivity index is 0.00000484. The van der Waals surface area contributed by atoms with Gasteiger partial charge in [0.05, 0.1) is 6.61 Å². The van der Waals surface area contributed by atoms with Crippen molar-refractivity contribution >= 4 is 35.9 Å². The SMILES string of the molecule is CCOC(=O)CCCNC(=NC)NCC(C)c1ccccc1.I. The fourth-order valence-corrected chi connectivity index (χ4v) is 2.04. The minimum Gasteiger partial charge on any atom is -0.466 e. The fourth-order valence-electron chi connectivity index (χ4n) is 2.04. The van der Waals surface area contributed by atoms with Crippen molar-refractivity contribution in [2.45, 2.75) is 32.6 Å². The number of hydrogen-bond donors (Lipinski definition) is 2. The summed E-state index contributed by atoms with van der Waals surface area (Å²) >= 11 is 0. The molecule has 5 nitrogen and oxygen atoms in total. The summed E-state index contributed by atoms with van der Waals surface area (Å²) in [5.41, 5.74) is 1.30. The number of aliphatic imine (C=N–C) groups is 1. The summed E-state index contributed by atoms with van der Waals surface area (Å²) in [6, 6.07) is 10.4. The van der Waals surface area contributed by atoms with E-state index in [-0.39, 0.29) is 29.9 Å². The lowest BCUT2D eigenvalue weighted by Gasteiger charge is -2.16. The maximum atomic E-state index is 11.2. The van der Waals surface area contributed by atoms with Crippen molar-refractivity contribution < 1.29 is 9.53 Å². The number of rotatable bonds is 8. The van der Waals surface area contributed by atoms with Crippen LogP contribution in [0.1, 0.15) is 38.2 Å². The molecule has 23 heavy (non-hydrogen) atoms. The Morgan fingerprint density at radius 3 is 2.57 bits per heavy atom. The van der Waals surface area contributed by atoms with Crippen LogP contribution in [0.2, 0.25) is 0 Å². The highest BCUT2D eigenvalue weighted by atomic mass is 127. The van der Waals surface area contributed by atoms with Gasteiger partial charge < -0.3 is 15.4 Å². The molecule has 2 N–H and O–H groups in total. The van der Waals surface area contributed by atoms with Gasteiger partial charge in [0.2, 0.25) is 0 Å². The predicted molar refractivity (Wildman–Crippen MR) is 106 cm³/mol. The third-order valence-electron chi connectivity index (χ3n) is 3.32. The molecule has 130 valence electrons. The quantitative estimate of drug-likeness (QED) is 0.218. The molecule has 1 aromatic rings. The van der Waals surface area contributed by atoms with E-state index < -0.39 is 0 Å². The van der Waals surface area contributed by atoms with E-state index in [1.165, 1.54) is 5.56 Å². The lowest BCUT2D eigenvalue weighted by Crippen LogP contribution is -2.39. The Morgan fingerprint density at radius 1 is 1.26 bits per heavy atom. The molecule has 0 aliphatic carbocycles. The Hall–Kier alpha value is -1.31. The zero-order chi connectivity index (χ0) is 16.2. The van der Waals surface area contributed by atoms with Gasteiger partial charge in [-0.1, -0.05) is 37.3 Å².